The van der Waals surface area contributed by atoms with E-state index in [1.54, 1.807) is 18.0 Å². The number of ether oxygens (including phenoxy) is 1. The Balaban J connectivity index is 1.70. The molecule has 3 rings (SSSR count). The summed E-state index contributed by atoms with van der Waals surface area (Å²) in [6.07, 6.45) is -4.43. The van der Waals surface area contributed by atoms with Crippen molar-refractivity contribution in [1.82, 2.24) is 5.32 Å². The third-order valence-electron chi connectivity index (χ3n) is 5.69. The average molecular weight is 436 g/mol. The molecule has 0 radical (unpaired) electrons. The Bertz CT molecular complexity index is 760. The van der Waals surface area contributed by atoms with Gasteiger partial charge in [-0.1, -0.05) is 0 Å². The Kier molecular flexibility index (Phi) is 6.59. The molecule has 1 heterocycles. The summed E-state index contributed by atoms with van der Waals surface area (Å²) in [4.78, 5) is 14.6. The number of benzene rings is 1. The van der Waals surface area contributed by atoms with Crippen molar-refractivity contribution in [2.75, 3.05) is 36.1 Å². The van der Waals surface area contributed by atoms with Gasteiger partial charge < -0.3 is 26.0 Å². The smallest absolute Gasteiger partial charge is 0.391 e. The van der Waals surface area contributed by atoms with Crippen LogP contribution in [0.2, 0.25) is 0 Å². The minimum Gasteiger partial charge on any atom is -0.397 e. The predicted molar refractivity (Wildman–Crippen MR) is 103 cm³/mol. The number of carbonyl (C=O) groups is 1. The van der Waals surface area contributed by atoms with E-state index in [9.17, 15) is 26.7 Å². The first-order valence-electron chi connectivity index (χ1n) is 9.76. The van der Waals surface area contributed by atoms with E-state index in [1.165, 1.54) is 6.07 Å². The normalized spacial score (nSPS) is 22.7. The molecular formula is C19H25F5N4O2. The van der Waals surface area contributed by atoms with Gasteiger partial charge in [-0.05, 0) is 37.8 Å². The van der Waals surface area contributed by atoms with Crippen LogP contribution in [0, 0.1) is 5.92 Å². The van der Waals surface area contributed by atoms with Crippen LogP contribution in [0.1, 0.15) is 36.0 Å². The van der Waals surface area contributed by atoms with E-state index in [1.807, 2.05) is 0 Å². The van der Waals surface area contributed by atoms with E-state index in [0.29, 0.717) is 17.1 Å². The molecule has 1 aromatic carbocycles. The monoisotopic (exact) mass is 436 g/mol. The van der Waals surface area contributed by atoms with Gasteiger partial charge in [0, 0.05) is 26.2 Å². The predicted octanol–water partition coefficient (Wildman–Crippen LogP) is 3.59. The van der Waals surface area contributed by atoms with Gasteiger partial charge in [-0.2, -0.15) is 22.0 Å². The number of amides is 1. The molecule has 0 spiro atoms. The Morgan fingerprint density at radius 2 is 1.83 bits per heavy atom. The largest absolute Gasteiger partial charge is 0.397 e. The number of hydrogen-bond acceptors (Lipinski definition) is 5. The van der Waals surface area contributed by atoms with Gasteiger partial charge in [0.05, 0.1) is 34.6 Å². The van der Waals surface area contributed by atoms with E-state index in [4.69, 9.17) is 5.73 Å². The summed E-state index contributed by atoms with van der Waals surface area (Å²) in [6, 6.07) is 2.78. The molecule has 1 saturated heterocycles. The van der Waals surface area contributed by atoms with Gasteiger partial charge in [0.2, 0.25) is 0 Å². The molecule has 6 nitrogen and oxygen atoms in total. The number of rotatable bonds is 6. The second kappa shape index (κ2) is 8.83. The number of halogens is 5. The highest BCUT2D eigenvalue weighted by molar-refractivity contribution is 6.02. The number of nitrogens with zero attached hydrogens (tertiary/aromatic N) is 1. The molecule has 11 heteroatoms. The standard InChI is InChI=1S/C19H25F5N4O2/c1-26-15-7-16(28-8-12(9-28)30-18(20)21)13(6-14(15)25)17(29)27-11-4-2-10(3-5-11)19(22,23)24/h6-7,10-12,18,26H,2-5,8-9,25H2,1H3,(H,27,29)/t10-,11-. The first-order chi connectivity index (χ1) is 14.1. The van der Waals surface area contributed by atoms with Crippen molar-refractivity contribution >= 4 is 23.0 Å². The third-order valence-corrected chi connectivity index (χ3v) is 5.69. The number of alkyl halides is 5. The van der Waals surface area contributed by atoms with E-state index in [0.717, 1.165) is 0 Å². The van der Waals surface area contributed by atoms with Crippen LogP contribution in [0.15, 0.2) is 12.1 Å². The Labute approximate surface area is 170 Å². The summed E-state index contributed by atoms with van der Waals surface area (Å²) in [5.41, 5.74) is 7.64. The maximum absolute atomic E-state index is 12.9. The van der Waals surface area contributed by atoms with Gasteiger partial charge in [-0.25, -0.2) is 0 Å². The summed E-state index contributed by atoms with van der Waals surface area (Å²) < 4.78 is 67.7. The molecule has 0 atom stereocenters. The molecular weight excluding hydrogens is 411 g/mol. The summed E-state index contributed by atoms with van der Waals surface area (Å²) in [5, 5.41) is 5.71. The van der Waals surface area contributed by atoms with Crippen LogP contribution in [0.25, 0.3) is 0 Å². The zero-order valence-corrected chi connectivity index (χ0v) is 16.4. The van der Waals surface area contributed by atoms with Gasteiger partial charge in [0.15, 0.2) is 0 Å². The molecule has 1 aliphatic carbocycles. The zero-order chi connectivity index (χ0) is 22.1. The number of nitrogens with one attached hydrogen (secondary N) is 2. The number of nitrogen functional groups attached to an aromatic ring is 1. The van der Waals surface area contributed by atoms with Gasteiger partial charge in [-0.3, -0.25) is 4.79 Å². The summed E-state index contributed by atoms with van der Waals surface area (Å²) in [5.74, 6) is -1.78. The van der Waals surface area contributed by atoms with Crippen molar-refractivity contribution in [2.24, 2.45) is 5.92 Å². The van der Waals surface area contributed by atoms with Crippen molar-refractivity contribution in [1.29, 1.82) is 0 Å². The van der Waals surface area contributed by atoms with E-state index in [2.05, 4.69) is 15.4 Å². The van der Waals surface area contributed by atoms with Gasteiger partial charge in [0.25, 0.3) is 5.91 Å². The van der Waals surface area contributed by atoms with Crippen LogP contribution in [0.5, 0.6) is 0 Å². The fourth-order valence-corrected chi connectivity index (χ4v) is 3.96. The van der Waals surface area contributed by atoms with Crippen LogP contribution >= 0.6 is 0 Å². The Morgan fingerprint density at radius 1 is 1.20 bits per heavy atom. The molecule has 1 aliphatic heterocycles. The van der Waals surface area contributed by atoms with Crippen molar-refractivity contribution in [3.05, 3.63) is 17.7 Å². The summed E-state index contributed by atoms with van der Waals surface area (Å²) in [6.45, 7) is -2.49. The lowest BCUT2D eigenvalue weighted by Crippen LogP contribution is -2.53. The maximum Gasteiger partial charge on any atom is 0.391 e. The van der Waals surface area contributed by atoms with Crippen LogP contribution < -0.4 is 21.3 Å². The van der Waals surface area contributed by atoms with E-state index < -0.39 is 30.7 Å². The SMILES string of the molecule is CNc1cc(N2CC(OC(F)F)C2)c(C(=O)N[C@H]2CC[C@H](C(F)(F)F)CC2)cc1N. The topological polar surface area (TPSA) is 79.6 Å². The molecule has 30 heavy (non-hydrogen) atoms. The fraction of sp³-hybridized carbons (Fsp3) is 0.632. The second-order valence-corrected chi connectivity index (χ2v) is 7.69. The van der Waals surface area contributed by atoms with Gasteiger partial charge in [-0.15, -0.1) is 0 Å². The lowest BCUT2D eigenvalue weighted by Gasteiger charge is -2.41. The molecule has 1 aromatic rings. The summed E-state index contributed by atoms with van der Waals surface area (Å²) >= 11 is 0. The van der Waals surface area contributed by atoms with E-state index >= 15 is 0 Å². The highest BCUT2D eigenvalue weighted by Gasteiger charge is 2.41. The highest BCUT2D eigenvalue weighted by Crippen LogP contribution is 2.38. The molecule has 1 amide bonds. The minimum atomic E-state index is -4.21. The third kappa shape index (κ3) is 5.05. The highest BCUT2D eigenvalue weighted by atomic mass is 19.4. The van der Waals surface area contributed by atoms with Crippen molar-refractivity contribution in [2.45, 2.75) is 50.6 Å². The number of hydrogen-bond donors (Lipinski definition) is 3. The fourth-order valence-electron chi connectivity index (χ4n) is 3.96. The van der Waals surface area contributed by atoms with Crippen molar-refractivity contribution in [3.8, 4) is 0 Å². The summed E-state index contributed by atoms with van der Waals surface area (Å²) in [7, 11) is 1.66. The molecule has 0 bridgehead atoms. The molecule has 0 aromatic heterocycles. The lowest BCUT2D eigenvalue weighted by atomic mass is 9.85. The Morgan fingerprint density at radius 3 is 2.37 bits per heavy atom. The molecule has 4 N–H and O–H groups in total. The van der Waals surface area contributed by atoms with Crippen molar-refractivity contribution in [3.63, 3.8) is 0 Å². The van der Waals surface area contributed by atoms with Crippen LogP contribution in [-0.2, 0) is 4.74 Å². The minimum absolute atomic E-state index is 0.0269. The van der Waals surface area contributed by atoms with E-state index in [-0.39, 0.29) is 50.4 Å². The molecule has 2 fully saturated rings. The van der Waals surface area contributed by atoms with Gasteiger partial charge >= 0.3 is 12.8 Å². The number of nitrogens with two attached hydrogens (primary N) is 1. The lowest BCUT2D eigenvalue weighted by molar-refractivity contribution is -0.182. The molecule has 2 aliphatic rings. The quantitative estimate of drug-likeness (QED) is 0.469. The Hall–Kier alpha value is -2.30. The first kappa shape index (κ1) is 22.4. The maximum atomic E-state index is 12.9. The zero-order valence-electron chi connectivity index (χ0n) is 16.4. The first-order valence-corrected chi connectivity index (χ1v) is 9.76. The average Bonchev–Trinajstić information content (AvgIpc) is 2.64. The second-order valence-electron chi connectivity index (χ2n) is 7.69. The van der Waals surface area contributed by atoms with Gasteiger partial charge in [0.1, 0.15) is 0 Å². The van der Waals surface area contributed by atoms with Crippen molar-refractivity contribution < 1.29 is 31.5 Å². The van der Waals surface area contributed by atoms with Crippen LogP contribution in [-0.4, -0.2) is 51.0 Å². The molecule has 1 saturated carbocycles. The number of anilines is 3. The number of carbonyl (C=O) groups excluding carboxylic acids is 1. The van der Waals surface area contributed by atoms with Crippen LogP contribution in [0.4, 0.5) is 39.0 Å². The van der Waals surface area contributed by atoms with Crippen LogP contribution in [0.3, 0.4) is 0 Å². The molecule has 168 valence electrons. The molecule has 0 unspecified atom stereocenters.